The predicted molar refractivity (Wildman–Crippen MR) is 71.0 cm³/mol. The molecule has 1 atom stereocenters. The predicted octanol–water partition coefficient (Wildman–Crippen LogP) is 2.28. The molecule has 0 bridgehead atoms. The second kappa shape index (κ2) is 6.95. The zero-order valence-corrected chi connectivity index (χ0v) is 10.4. The molecule has 1 unspecified atom stereocenters. The molecule has 4 heteroatoms. The van der Waals surface area contributed by atoms with E-state index in [-0.39, 0.29) is 18.5 Å². The number of terminal acetylenes is 1. The maximum atomic E-state index is 11.5. The van der Waals surface area contributed by atoms with Crippen LogP contribution in [0.25, 0.3) is 0 Å². The molecule has 0 aromatic heterocycles. The van der Waals surface area contributed by atoms with Gasteiger partial charge >= 0.3 is 0 Å². The van der Waals surface area contributed by atoms with Crippen molar-refractivity contribution in [1.82, 2.24) is 5.32 Å². The van der Waals surface area contributed by atoms with Gasteiger partial charge in [-0.25, -0.2) is 0 Å². The average molecular weight is 251 g/mol. The molecule has 1 aromatic carbocycles. The van der Waals surface area contributed by atoms with Crippen molar-refractivity contribution in [2.24, 2.45) is 0 Å². The zero-order chi connectivity index (χ0) is 12.7. The Labute approximate surface area is 107 Å². The van der Waals surface area contributed by atoms with Crippen LogP contribution < -0.4 is 10.6 Å². The summed E-state index contributed by atoms with van der Waals surface area (Å²) in [7, 11) is 0. The third kappa shape index (κ3) is 5.39. The van der Waals surface area contributed by atoms with Gasteiger partial charge in [0, 0.05) is 23.2 Å². The van der Waals surface area contributed by atoms with Crippen LogP contribution in [0, 0.1) is 12.3 Å². The highest BCUT2D eigenvalue weighted by atomic mass is 35.5. The summed E-state index contributed by atoms with van der Waals surface area (Å²) in [4.78, 5) is 11.5. The SMILES string of the molecule is C#CCC(C)NCC(=O)Nc1ccc(Cl)cc1. The van der Waals surface area contributed by atoms with Gasteiger partial charge in [-0.2, -0.15) is 0 Å². The van der Waals surface area contributed by atoms with Crippen LogP contribution in [0.15, 0.2) is 24.3 Å². The number of anilines is 1. The number of carbonyl (C=O) groups is 1. The number of halogens is 1. The maximum Gasteiger partial charge on any atom is 0.238 e. The molecule has 0 fully saturated rings. The molecule has 0 aliphatic carbocycles. The van der Waals surface area contributed by atoms with E-state index < -0.39 is 0 Å². The van der Waals surface area contributed by atoms with Crippen molar-refractivity contribution in [3.05, 3.63) is 29.3 Å². The monoisotopic (exact) mass is 250 g/mol. The van der Waals surface area contributed by atoms with E-state index in [4.69, 9.17) is 18.0 Å². The minimum absolute atomic E-state index is 0.101. The van der Waals surface area contributed by atoms with E-state index in [1.165, 1.54) is 0 Å². The minimum atomic E-state index is -0.101. The summed E-state index contributed by atoms with van der Waals surface area (Å²) in [6.07, 6.45) is 5.78. The quantitative estimate of drug-likeness (QED) is 0.788. The molecular weight excluding hydrogens is 236 g/mol. The van der Waals surface area contributed by atoms with Crippen molar-refractivity contribution in [2.75, 3.05) is 11.9 Å². The van der Waals surface area contributed by atoms with E-state index in [2.05, 4.69) is 16.6 Å². The van der Waals surface area contributed by atoms with Crippen molar-refractivity contribution in [1.29, 1.82) is 0 Å². The molecule has 17 heavy (non-hydrogen) atoms. The lowest BCUT2D eigenvalue weighted by Gasteiger charge is -2.10. The zero-order valence-electron chi connectivity index (χ0n) is 9.66. The van der Waals surface area contributed by atoms with Crippen molar-refractivity contribution >= 4 is 23.2 Å². The van der Waals surface area contributed by atoms with Crippen molar-refractivity contribution in [3.63, 3.8) is 0 Å². The lowest BCUT2D eigenvalue weighted by Crippen LogP contribution is -2.34. The molecule has 0 heterocycles. The Morgan fingerprint density at radius 3 is 2.71 bits per heavy atom. The largest absolute Gasteiger partial charge is 0.325 e. The van der Waals surface area contributed by atoms with Gasteiger partial charge in [0.25, 0.3) is 0 Å². The second-order valence-corrected chi connectivity index (χ2v) is 4.18. The van der Waals surface area contributed by atoms with Crippen LogP contribution in [0.4, 0.5) is 5.69 Å². The summed E-state index contributed by atoms with van der Waals surface area (Å²) in [6, 6.07) is 7.10. The van der Waals surface area contributed by atoms with Crippen molar-refractivity contribution < 1.29 is 4.79 Å². The van der Waals surface area contributed by atoms with Crippen LogP contribution in [0.3, 0.4) is 0 Å². The first kappa shape index (κ1) is 13.6. The van der Waals surface area contributed by atoms with E-state index in [9.17, 15) is 4.79 Å². The fourth-order valence-corrected chi connectivity index (χ4v) is 1.38. The van der Waals surface area contributed by atoms with Crippen molar-refractivity contribution in [2.45, 2.75) is 19.4 Å². The van der Waals surface area contributed by atoms with Crippen LogP contribution in [-0.4, -0.2) is 18.5 Å². The molecule has 0 radical (unpaired) electrons. The summed E-state index contributed by atoms with van der Waals surface area (Å²) >= 11 is 5.74. The Morgan fingerprint density at radius 2 is 2.12 bits per heavy atom. The first-order valence-corrected chi connectivity index (χ1v) is 5.72. The normalized spacial score (nSPS) is 11.6. The van der Waals surface area contributed by atoms with Gasteiger partial charge < -0.3 is 10.6 Å². The summed E-state index contributed by atoms with van der Waals surface area (Å²) in [5.74, 6) is 2.44. The topological polar surface area (TPSA) is 41.1 Å². The average Bonchev–Trinajstić information content (AvgIpc) is 2.30. The Balaban J connectivity index is 2.35. The van der Waals surface area contributed by atoms with E-state index >= 15 is 0 Å². The van der Waals surface area contributed by atoms with Crippen molar-refractivity contribution in [3.8, 4) is 12.3 Å². The van der Waals surface area contributed by atoms with Gasteiger partial charge in [-0.05, 0) is 31.2 Å². The first-order chi connectivity index (χ1) is 8.11. The van der Waals surface area contributed by atoms with Gasteiger partial charge in [0.05, 0.1) is 6.54 Å². The number of rotatable bonds is 5. The van der Waals surface area contributed by atoms with Crippen LogP contribution >= 0.6 is 11.6 Å². The molecule has 3 nitrogen and oxygen atoms in total. The van der Waals surface area contributed by atoms with Crippen LogP contribution in [0.1, 0.15) is 13.3 Å². The fourth-order valence-electron chi connectivity index (χ4n) is 1.25. The molecular formula is C13H15ClN2O. The van der Waals surface area contributed by atoms with E-state index in [0.717, 1.165) is 5.69 Å². The maximum absolute atomic E-state index is 11.5. The number of carbonyl (C=O) groups excluding carboxylic acids is 1. The van der Waals surface area contributed by atoms with Gasteiger partial charge in [0.15, 0.2) is 0 Å². The Hall–Kier alpha value is -1.50. The summed E-state index contributed by atoms with van der Waals surface area (Å²) < 4.78 is 0. The van der Waals surface area contributed by atoms with Crippen LogP contribution in [-0.2, 0) is 4.79 Å². The van der Waals surface area contributed by atoms with Gasteiger partial charge in [0.1, 0.15) is 0 Å². The van der Waals surface area contributed by atoms with Gasteiger partial charge in [-0.15, -0.1) is 12.3 Å². The summed E-state index contributed by atoms with van der Waals surface area (Å²) in [6.45, 7) is 2.18. The number of benzene rings is 1. The molecule has 1 aromatic rings. The molecule has 0 aliphatic heterocycles. The number of nitrogens with one attached hydrogen (secondary N) is 2. The lowest BCUT2D eigenvalue weighted by atomic mass is 10.2. The van der Waals surface area contributed by atoms with Crippen LogP contribution in [0.2, 0.25) is 5.02 Å². The Bertz CT molecular complexity index is 408. The smallest absolute Gasteiger partial charge is 0.238 e. The van der Waals surface area contributed by atoms with Crippen LogP contribution in [0.5, 0.6) is 0 Å². The molecule has 90 valence electrons. The molecule has 0 spiro atoms. The molecule has 1 rings (SSSR count). The van der Waals surface area contributed by atoms with Gasteiger partial charge in [0.2, 0.25) is 5.91 Å². The fraction of sp³-hybridized carbons (Fsp3) is 0.308. The molecule has 2 N–H and O–H groups in total. The highest BCUT2D eigenvalue weighted by Gasteiger charge is 2.04. The summed E-state index contributed by atoms with van der Waals surface area (Å²) in [5, 5.41) is 6.43. The highest BCUT2D eigenvalue weighted by molar-refractivity contribution is 6.30. The minimum Gasteiger partial charge on any atom is -0.325 e. The lowest BCUT2D eigenvalue weighted by molar-refractivity contribution is -0.115. The molecule has 0 saturated heterocycles. The number of amides is 1. The number of hydrogen-bond donors (Lipinski definition) is 2. The van der Waals surface area contributed by atoms with Gasteiger partial charge in [-0.1, -0.05) is 11.6 Å². The Kier molecular flexibility index (Phi) is 5.55. The third-order valence-corrected chi connectivity index (χ3v) is 2.42. The summed E-state index contributed by atoms with van der Waals surface area (Å²) in [5.41, 5.74) is 0.728. The molecule has 0 saturated carbocycles. The molecule has 1 amide bonds. The van der Waals surface area contributed by atoms with E-state index in [1.807, 2.05) is 6.92 Å². The first-order valence-electron chi connectivity index (χ1n) is 5.34. The highest BCUT2D eigenvalue weighted by Crippen LogP contribution is 2.12. The van der Waals surface area contributed by atoms with E-state index in [1.54, 1.807) is 24.3 Å². The van der Waals surface area contributed by atoms with E-state index in [0.29, 0.717) is 11.4 Å². The second-order valence-electron chi connectivity index (χ2n) is 3.75. The molecule has 0 aliphatic rings. The number of hydrogen-bond acceptors (Lipinski definition) is 2. The van der Waals surface area contributed by atoms with Gasteiger partial charge in [-0.3, -0.25) is 4.79 Å². The Morgan fingerprint density at radius 1 is 1.47 bits per heavy atom. The standard InChI is InChI=1S/C13H15ClN2O/c1-3-4-10(2)15-9-13(17)16-12-7-5-11(14)6-8-12/h1,5-8,10,15H,4,9H2,2H3,(H,16,17). The third-order valence-electron chi connectivity index (χ3n) is 2.16.